The van der Waals surface area contributed by atoms with Crippen LogP contribution in [0.2, 0.25) is 0 Å². The fourth-order valence-electron chi connectivity index (χ4n) is 1.58. The van der Waals surface area contributed by atoms with Gasteiger partial charge in [-0.1, -0.05) is 24.1 Å². The van der Waals surface area contributed by atoms with E-state index in [1.54, 1.807) is 18.2 Å². The summed E-state index contributed by atoms with van der Waals surface area (Å²) >= 11 is 0. The Morgan fingerprint density at radius 2 is 2.00 bits per heavy atom. The molecule has 0 aliphatic carbocycles. The van der Waals surface area contributed by atoms with Gasteiger partial charge in [-0.3, -0.25) is 0 Å². The van der Waals surface area contributed by atoms with Gasteiger partial charge in [0.05, 0.1) is 13.1 Å². The molecule has 0 bridgehead atoms. The second kappa shape index (κ2) is 11.0. The molecule has 2 N–H and O–H groups in total. The van der Waals surface area contributed by atoms with E-state index in [4.69, 9.17) is 11.2 Å². The lowest BCUT2D eigenvalue weighted by Gasteiger charge is -2.13. The van der Waals surface area contributed by atoms with Crippen molar-refractivity contribution in [3.8, 4) is 18.1 Å². The average molecular weight is 441 g/mol. The lowest BCUT2D eigenvalue weighted by molar-refractivity contribution is -0.153. The van der Waals surface area contributed by atoms with Crippen LogP contribution >= 0.6 is 24.0 Å². The highest BCUT2D eigenvalue weighted by atomic mass is 127. The van der Waals surface area contributed by atoms with Gasteiger partial charge in [0.2, 0.25) is 0 Å². The van der Waals surface area contributed by atoms with E-state index < -0.39 is 12.8 Å². The molecule has 0 aliphatic rings. The van der Waals surface area contributed by atoms with Gasteiger partial charge in [-0.25, -0.2) is 4.99 Å². The van der Waals surface area contributed by atoms with E-state index in [1.807, 2.05) is 6.92 Å². The van der Waals surface area contributed by atoms with Crippen LogP contribution in [0.5, 0.6) is 5.75 Å². The summed E-state index contributed by atoms with van der Waals surface area (Å²) in [5, 5.41) is 5.88. The van der Waals surface area contributed by atoms with E-state index in [0.717, 1.165) is 0 Å². The third-order valence-electron chi connectivity index (χ3n) is 2.47. The molecule has 0 spiro atoms. The Bertz CT molecular complexity index is 542. The molecule has 0 aromatic heterocycles. The second-order valence-electron chi connectivity index (χ2n) is 4.26. The Labute approximate surface area is 150 Å². The van der Waals surface area contributed by atoms with E-state index in [0.29, 0.717) is 24.6 Å². The Hall–Kier alpha value is -1.63. The maximum atomic E-state index is 12.2. The predicted molar refractivity (Wildman–Crippen MR) is 95.1 cm³/mol. The zero-order chi connectivity index (χ0) is 16.4. The number of hydrogen-bond acceptors (Lipinski definition) is 2. The standard InChI is InChI=1S/C15H18F3N3O.HI/c1-3-9-20-14(19-4-2)21-10-12-7-5-6-8-13(12)22-11-15(16,17)18;/h1,5-8H,4,9-11H2,2H3,(H2,19,20,21);1H. The van der Waals surface area contributed by atoms with Gasteiger partial charge in [-0.15, -0.1) is 30.4 Å². The molecule has 0 saturated carbocycles. The minimum Gasteiger partial charge on any atom is -0.484 e. The van der Waals surface area contributed by atoms with Crippen molar-refractivity contribution in [1.29, 1.82) is 0 Å². The number of para-hydroxylation sites is 1. The number of ether oxygens (including phenoxy) is 1. The first-order valence-corrected chi connectivity index (χ1v) is 6.69. The van der Waals surface area contributed by atoms with Crippen LogP contribution in [0.15, 0.2) is 29.3 Å². The molecule has 0 saturated heterocycles. The number of hydrogen-bond donors (Lipinski definition) is 2. The zero-order valence-corrected chi connectivity index (χ0v) is 14.9. The normalized spacial score (nSPS) is 11.2. The van der Waals surface area contributed by atoms with Crippen molar-refractivity contribution < 1.29 is 17.9 Å². The number of nitrogens with zero attached hydrogens (tertiary/aromatic N) is 1. The summed E-state index contributed by atoms with van der Waals surface area (Å²) in [7, 11) is 0. The first kappa shape index (κ1) is 21.4. The number of guanidine groups is 1. The summed E-state index contributed by atoms with van der Waals surface area (Å²) in [4.78, 5) is 4.26. The van der Waals surface area contributed by atoms with Gasteiger partial charge in [0.25, 0.3) is 0 Å². The molecule has 128 valence electrons. The number of rotatable bonds is 6. The molecule has 0 fully saturated rings. The Kier molecular flexibility index (Phi) is 10.2. The van der Waals surface area contributed by atoms with Crippen molar-refractivity contribution in [3.05, 3.63) is 29.8 Å². The van der Waals surface area contributed by atoms with Crippen molar-refractivity contribution in [3.63, 3.8) is 0 Å². The third-order valence-corrected chi connectivity index (χ3v) is 2.47. The van der Waals surface area contributed by atoms with Gasteiger partial charge >= 0.3 is 6.18 Å². The molecule has 0 unspecified atom stereocenters. The van der Waals surface area contributed by atoms with Crippen molar-refractivity contribution in [2.24, 2.45) is 4.99 Å². The van der Waals surface area contributed by atoms with E-state index in [-0.39, 0.29) is 36.3 Å². The maximum absolute atomic E-state index is 12.2. The van der Waals surface area contributed by atoms with Crippen LogP contribution < -0.4 is 15.4 Å². The Balaban J connectivity index is 0.00000484. The number of benzene rings is 1. The smallest absolute Gasteiger partial charge is 0.422 e. The van der Waals surface area contributed by atoms with Gasteiger partial charge in [-0.05, 0) is 13.0 Å². The summed E-state index contributed by atoms with van der Waals surface area (Å²) in [6.07, 6.45) is 0.787. The molecule has 0 amide bonds. The summed E-state index contributed by atoms with van der Waals surface area (Å²) in [6, 6.07) is 6.48. The molecule has 0 heterocycles. The topological polar surface area (TPSA) is 45.7 Å². The molecule has 0 atom stereocenters. The molecule has 1 aromatic rings. The highest BCUT2D eigenvalue weighted by molar-refractivity contribution is 14.0. The summed E-state index contributed by atoms with van der Waals surface area (Å²) in [5.74, 6) is 3.08. The van der Waals surface area contributed by atoms with Crippen molar-refractivity contribution in [1.82, 2.24) is 10.6 Å². The minimum absolute atomic E-state index is 0. The van der Waals surface area contributed by atoms with Gasteiger partial charge in [0.1, 0.15) is 5.75 Å². The van der Waals surface area contributed by atoms with Gasteiger partial charge in [-0.2, -0.15) is 13.2 Å². The van der Waals surface area contributed by atoms with Crippen LogP contribution in [-0.2, 0) is 6.54 Å². The molecule has 4 nitrogen and oxygen atoms in total. The number of nitrogens with one attached hydrogen (secondary N) is 2. The third kappa shape index (κ3) is 9.18. The molecule has 0 radical (unpaired) electrons. The number of halogens is 4. The van der Waals surface area contributed by atoms with Crippen LogP contribution in [0.25, 0.3) is 0 Å². The quantitative estimate of drug-likeness (QED) is 0.309. The fourth-order valence-corrected chi connectivity index (χ4v) is 1.58. The zero-order valence-electron chi connectivity index (χ0n) is 12.6. The van der Waals surface area contributed by atoms with Crippen LogP contribution in [0, 0.1) is 12.3 Å². The van der Waals surface area contributed by atoms with E-state index in [1.165, 1.54) is 6.07 Å². The largest absolute Gasteiger partial charge is 0.484 e. The van der Waals surface area contributed by atoms with E-state index in [9.17, 15) is 13.2 Å². The first-order valence-electron chi connectivity index (χ1n) is 6.69. The van der Waals surface area contributed by atoms with Crippen LogP contribution in [0.3, 0.4) is 0 Å². The number of terminal acetylenes is 1. The molecule has 1 rings (SSSR count). The lowest BCUT2D eigenvalue weighted by atomic mass is 10.2. The highest BCUT2D eigenvalue weighted by Crippen LogP contribution is 2.22. The number of aliphatic imine (C=N–C) groups is 1. The van der Waals surface area contributed by atoms with Gasteiger partial charge in [0.15, 0.2) is 12.6 Å². The first-order chi connectivity index (χ1) is 10.5. The van der Waals surface area contributed by atoms with Crippen molar-refractivity contribution >= 4 is 29.9 Å². The van der Waals surface area contributed by atoms with Crippen LogP contribution in [0.4, 0.5) is 13.2 Å². The fraction of sp³-hybridized carbons (Fsp3) is 0.400. The average Bonchev–Trinajstić information content (AvgIpc) is 2.48. The lowest BCUT2D eigenvalue weighted by Crippen LogP contribution is -2.37. The Morgan fingerprint density at radius 3 is 2.61 bits per heavy atom. The molecule has 8 heteroatoms. The van der Waals surface area contributed by atoms with Crippen LogP contribution in [-0.4, -0.2) is 31.8 Å². The monoisotopic (exact) mass is 441 g/mol. The summed E-state index contributed by atoms with van der Waals surface area (Å²) in [5.41, 5.74) is 0.560. The van der Waals surface area contributed by atoms with Crippen molar-refractivity contribution in [2.45, 2.75) is 19.6 Å². The number of alkyl halides is 3. The second-order valence-corrected chi connectivity index (χ2v) is 4.26. The SMILES string of the molecule is C#CCNC(=NCc1ccccc1OCC(F)(F)F)NCC.I. The van der Waals surface area contributed by atoms with E-state index >= 15 is 0 Å². The van der Waals surface area contributed by atoms with Crippen LogP contribution in [0.1, 0.15) is 12.5 Å². The van der Waals surface area contributed by atoms with Gasteiger partial charge < -0.3 is 15.4 Å². The molecule has 1 aromatic carbocycles. The minimum atomic E-state index is -4.38. The molecular weight excluding hydrogens is 422 g/mol. The highest BCUT2D eigenvalue weighted by Gasteiger charge is 2.28. The summed E-state index contributed by atoms with van der Waals surface area (Å²) < 4.78 is 41.5. The van der Waals surface area contributed by atoms with E-state index in [2.05, 4.69) is 21.5 Å². The Morgan fingerprint density at radius 1 is 1.30 bits per heavy atom. The molecule has 23 heavy (non-hydrogen) atoms. The summed E-state index contributed by atoms with van der Waals surface area (Å²) in [6.45, 7) is 1.69. The molecule has 0 aliphatic heterocycles. The molecular formula is C15H19F3IN3O. The van der Waals surface area contributed by atoms with Crippen molar-refractivity contribution in [2.75, 3.05) is 19.7 Å². The maximum Gasteiger partial charge on any atom is 0.422 e. The predicted octanol–water partition coefficient (Wildman–Crippen LogP) is 2.93. The van der Waals surface area contributed by atoms with Gasteiger partial charge in [0, 0.05) is 12.1 Å².